The minimum absolute atomic E-state index is 0. The van der Waals surface area contributed by atoms with E-state index in [9.17, 15) is 0 Å². The van der Waals surface area contributed by atoms with Crippen LogP contribution in [0.5, 0.6) is 5.75 Å². The SMILES string of the molecule is COc1ccc(CN2C[C@@H]3CC[C@H]2CNC3)cc1Cn1cncn1.Cl.Cl. The van der Waals surface area contributed by atoms with Crippen molar-refractivity contribution in [3.63, 3.8) is 0 Å². The van der Waals surface area contributed by atoms with Crippen LogP contribution in [0.3, 0.4) is 0 Å². The predicted octanol–water partition coefficient (Wildman–Crippen LogP) is 2.36. The number of fused-ring (bicyclic) bond motifs is 4. The topological polar surface area (TPSA) is 55.2 Å². The molecule has 0 radical (unpaired) electrons. The van der Waals surface area contributed by atoms with Gasteiger partial charge in [0.25, 0.3) is 0 Å². The molecule has 8 heteroatoms. The molecule has 1 aromatic heterocycles. The van der Waals surface area contributed by atoms with Gasteiger partial charge in [0.1, 0.15) is 18.4 Å². The van der Waals surface area contributed by atoms with Crippen LogP contribution in [0, 0.1) is 5.92 Å². The summed E-state index contributed by atoms with van der Waals surface area (Å²) in [5, 5.41) is 7.81. The van der Waals surface area contributed by atoms with Crippen molar-refractivity contribution in [2.75, 3.05) is 26.7 Å². The molecule has 2 atom stereocenters. The zero-order valence-electron chi connectivity index (χ0n) is 15.0. The molecule has 144 valence electrons. The number of nitrogens with one attached hydrogen (secondary N) is 1. The Morgan fingerprint density at radius 2 is 2.08 bits per heavy atom. The highest BCUT2D eigenvalue weighted by atomic mass is 35.5. The van der Waals surface area contributed by atoms with Crippen molar-refractivity contribution in [2.24, 2.45) is 5.92 Å². The quantitative estimate of drug-likeness (QED) is 0.835. The lowest BCUT2D eigenvalue weighted by Gasteiger charge is -2.36. The first-order valence-corrected chi connectivity index (χ1v) is 8.75. The summed E-state index contributed by atoms with van der Waals surface area (Å²) >= 11 is 0. The van der Waals surface area contributed by atoms with Crippen LogP contribution in [0.25, 0.3) is 0 Å². The Bertz CT molecular complexity index is 678. The predicted molar refractivity (Wildman–Crippen MR) is 106 cm³/mol. The third kappa shape index (κ3) is 4.68. The van der Waals surface area contributed by atoms with Crippen LogP contribution in [-0.2, 0) is 13.1 Å². The molecule has 3 saturated heterocycles. The molecule has 6 nitrogen and oxygen atoms in total. The maximum absolute atomic E-state index is 5.52. The first-order valence-electron chi connectivity index (χ1n) is 8.75. The van der Waals surface area contributed by atoms with Gasteiger partial charge in [-0.15, -0.1) is 24.8 Å². The Labute approximate surface area is 167 Å². The van der Waals surface area contributed by atoms with E-state index < -0.39 is 0 Å². The van der Waals surface area contributed by atoms with Gasteiger partial charge in [0.05, 0.1) is 13.7 Å². The Morgan fingerprint density at radius 1 is 1.19 bits per heavy atom. The van der Waals surface area contributed by atoms with Gasteiger partial charge in [-0.2, -0.15) is 5.10 Å². The number of hydrogen-bond acceptors (Lipinski definition) is 5. The lowest BCUT2D eigenvalue weighted by atomic mass is 9.94. The molecule has 0 saturated carbocycles. The molecule has 2 aromatic rings. The van der Waals surface area contributed by atoms with Gasteiger partial charge in [-0.3, -0.25) is 4.90 Å². The standard InChI is InChI=1S/C18H25N5O.2ClH/c1-24-18-5-3-14(6-16(18)11-23-13-20-12-21-23)9-22-10-15-2-4-17(22)8-19-7-15;;/h3,5-6,12-13,15,17,19H,2,4,7-11H2,1H3;2*1H/t15-,17+;;/m1../s1. The molecule has 0 amide bonds. The van der Waals surface area contributed by atoms with Gasteiger partial charge in [0, 0.05) is 31.2 Å². The van der Waals surface area contributed by atoms with Crippen LogP contribution in [0.2, 0.25) is 0 Å². The van der Waals surface area contributed by atoms with Crippen LogP contribution >= 0.6 is 24.8 Å². The smallest absolute Gasteiger partial charge is 0.137 e. The minimum atomic E-state index is 0. The van der Waals surface area contributed by atoms with E-state index >= 15 is 0 Å². The van der Waals surface area contributed by atoms with Crippen molar-refractivity contribution in [1.82, 2.24) is 25.0 Å². The Kier molecular flexibility index (Phi) is 7.70. The number of aromatic nitrogens is 3. The van der Waals surface area contributed by atoms with Crippen molar-refractivity contribution in [3.05, 3.63) is 42.0 Å². The second kappa shape index (κ2) is 9.55. The Hall–Kier alpha value is -1.34. The van der Waals surface area contributed by atoms with Gasteiger partial charge in [-0.1, -0.05) is 6.07 Å². The molecule has 1 N–H and O–H groups in total. The second-order valence-electron chi connectivity index (χ2n) is 6.92. The number of benzene rings is 1. The summed E-state index contributed by atoms with van der Waals surface area (Å²) in [5.74, 6) is 1.71. The number of nitrogens with zero attached hydrogens (tertiary/aromatic N) is 4. The number of halogens is 2. The average Bonchev–Trinajstić information content (AvgIpc) is 2.90. The summed E-state index contributed by atoms with van der Waals surface area (Å²) in [6.45, 7) is 5.20. The molecule has 5 rings (SSSR count). The molecule has 0 spiro atoms. The van der Waals surface area contributed by atoms with E-state index in [0.717, 1.165) is 30.3 Å². The van der Waals surface area contributed by atoms with Gasteiger partial charge in [-0.05, 0) is 43.0 Å². The molecule has 0 aliphatic carbocycles. The zero-order valence-corrected chi connectivity index (χ0v) is 16.6. The summed E-state index contributed by atoms with van der Waals surface area (Å²) in [7, 11) is 1.72. The van der Waals surface area contributed by atoms with Crippen LogP contribution in [0.4, 0.5) is 0 Å². The molecule has 0 unspecified atom stereocenters. The molecule has 1 aromatic carbocycles. The van der Waals surface area contributed by atoms with Crippen LogP contribution in [0.15, 0.2) is 30.9 Å². The highest BCUT2D eigenvalue weighted by Gasteiger charge is 2.31. The first kappa shape index (κ1) is 21.0. The normalized spacial score (nSPS) is 22.2. The van der Waals surface area contributed by atoms with Gasteiger partial charge in [0.15, 0.2) is 0 Å². The lowest BCUT2D eigenvalue weighted by Crippen LogP contribution is -2.42. The maximum Gasteiger partial charge on any atom is 0.137 e. The summed E-state index contributed by atoms with van der Waals surface area (Å²) < 4.78 is 7.36. The third-order valence-corrected chi connectivity index (χ3v) is 5.26. The second-order valence-corrected chi connectivity index (χ2v) is 6.92. The molecule has 2 bridgehead atoms. The Morgan fingerprint density at radius 3 is 2.85 bits per heavy atom. The molecule has 3 aliphatic rings. The number of methoxy groups -OCH3 is 1. The van der Waals surface area contributed by atoms with Crippen molar-refractivity contribution >= 4 is 24.8 Å². The van der Waals surface area contributed by atoms with E-state index in [1.54, 1.807) is 19.8 Å². The average molecular weight is 400 g/mol. The van der Waals surface area contributed by atoms with Crippen LogP contribution in [0.1, 0.15) is 24.0 Å². The number of ether oxygens (including phenoxy) is 1. The molecule has 3 aliphatic heterocycles. The van der Waals surface area contributed by atoms with E-state index in [2.05, 4.69) is 38.5 Å². The minimum Gasteiger partial charge on any atom is -0.496 e. The maximum atomic E-state index is 5.52. The van der Waals surface area contributed by atoms with E-state index in [0.29, 0.717) is 12.6 Å². The van der Waals surface area contributed by atoms with Gasteiger partial charge in [0.2, 0.25) is 0 Å². The van der Waals surface area contributed by atoms with Crippen molar-refractivity contribution in [3.8, 4) is 5.75 Å². The molecule has 26 heavy (non-hydrogen) atoms. The van der Waals surface area contributed by atoms with Crippen molar-refractivity contribution in [2.45, 2.75) is 32.0 Å². The summed E-state index contributed by atoms with van der Waals surface area (Å²) in [6.07, 6.45) is 6.00. The van der Waals surface area contributed by atoms with Crippen molar-refractivity contribution in [1.29, 1.82) is 0 Å². The number of piperidine rings is 1. The van der Waals surface area contributed by atoms with E-state index in [1.165, 1.54) is 31.5 Å². The van der Waals surface area contributed by atoms with Crippen LogP contribution in [-0.4, -0.2) is 52.5 Å². The monoisotopic (exact) mass is 399 g/mol. The largest absolute Gasteiger partial charge is 0.496 e. The van der Waals surface area contributed by atoms with E-state index in [-0.39, 0.29) is 24.8 Å². The first-order chi connectivity index (χ1) is 11.8. The molecule has 3 fully saturated rings. The fourth-order valence-corrected chi connectivity index (χ4v) is 4.01. The van der Waals surface area contributed by atoms with E-state index in [4.69, 9.17) is 4.74 Å². The highest BCUT2D eigenvalue weighted by Crippen LogP contribution is 2.27. The summed E-state index contributed by atoms with van der Waals surface area (Å²) in [6, 6.07) is 7.20. The fourth-order valence-electron chi connectivity index (χ4n) is 4.01. The van der Waals surface area contributed by atoms with Crippen molar-refractivity contribution < 1.29 is 4.74 Å². The summed E-state index contributed by atoms with van der Waals surface area (Å²) in [5.41, 5.74) is 2.50. The number of hydrogen-bond donors (Lipinski definition) is 1. The zero-order chi connectivity index (χ0) is 16.4. The lowest BCUT2D eigenvalue weighted by molar-refractivity contribution is 0.126. The van der Waals surface area contributed by atoms with Gasteiger partial charge < -0.3 is 10.1 Å². The fraction of sp³-hybridized carbons (Fsp3) is 0.556. The van der Waals surface area contributed by atoms with Gasteiger partial charge in [-0.25, -0.2) is 9.67 Å². The van der Waals surface area contributed by atoms with E-state index in [1.807, 2.05) is 4.68 Å². The molecular formula is C18H27Cl2N5O. The number of rotatable bonds is 5. The summed E-state index contributed by atoms with van der Waals surface area (Å²) in [4.78, 5) is 6.67. The molecular weight excluding hydrogens is 373 g/mol. The Balaban J connectivity index is 0.00000121. The third-order valence-electron chi connectivity index (χ3n) is 5.26. The van der Waals surface area contributed by atoms with Gasteiger partial charge >= 0.3 is 0 Å². The highest BCUT2D eigenvalue weighted by molar-refractivity contribution is 5.85. The van der Waals surface area contributed by atoms with Crippen LogP contribution < -0.4 is 10.1 Å². The molecule has 4 heterocycles.